The molecular formula is C14H9F2N3O2. The number of rotatable bonds is 2. The normalized spacial score (nSPS) is 12.9. The standard InChI is InChI=1S/C14H9F2N3O2/c15-7-1-2-9(8(16)3-7)17-14-18-10-4-12-13(21-6-20-12)5-11(10)19-14/h1-5H,6H2,(H2,17,18,19). The summed E-state index contributed by atoms with van der Waals surface area (Å²) in [7, 11) is 0. The lowest BCUT2D eigenvalue weighted by atomic mass is 10.3. The van der Waals surface area contributed by atoms with Crippen LogP contribution < -0.4 is 14.8 Å². The van der Waals surface area contributed by atoms with Gasteiger partial charge in [-0.15, -0.1) is 0 Å². The van der Waals surface area contributed by atoms with Gasteiger partial charge in [0.05, 0.1) is 16.7 Å². The molecule has 5 nitrogen and oxygen atoms in total. The molecule has 21 heavy (non-hydrogen) atoms. The molecule has 0 bridgehead atoms. The highest BCUT2D eigenvalue weighted by Crippen LogP contribution is 2.35. The van der Waals surface area contributed by atoms with Gasteiger partial charge in [0, 0.05) is 18.2 Å². The Morgan fingerprint density at radius 3 is 2.71 bits per heavy atom. The fraction of sp³-hybridized carbons (Fsp3) is 0.0714. The highest BCUT2D eigenvalue weighted by molar-refractivity contribution is 5.82. The van der Waals surface area contributed by atoms with Gasteiger partial charge in [-0.3, -0.25) is 0 Å². The minimum atomic E-state index is -0.690. The fourth-order valence-electron chi connectivity index (χ4n) is 2.18. The smallest absolute Gasteiger partial charge is 0.231 e. The van der Waals surface area contributed by atoms with Crippen molar-refractivity contribution in [2.45, 2.75) is 0 Å². The summed E-state index contributed by atoms with van der Waals surface area (Å²) in [5, 5.41) is 2.77. The maximum Gasteiger partial charge on any atom is 0.231 e. The van der Waals surface area contributed by atoms with E-state index >= 15 is 0 Å². The van der Waals surface area contributed by atoms with E-state index in [2.05, 4.69) is 15.3 Å². The van der Waals surface area contributed by atoms with Crippen LogP contribution in [0.4, 0.5) is 20.4 Å². The predicted molar refractivity (Wildman–Crippen MR) is 71.9 cm³/mol. The Labute approximate surface area is 117 Å². The zero-order valence-electron chi connectivity index (χ0n) is 10.6. The van der Waals surface area contributed by atoms with E-state index in [-0.39, 0.29) is 12.5 Å². The van der Waals surface area contributed by atoms with Crippen molar-refractivity contribution in [3.8, 4) is 11.5 Å². The van der Waals surface area contributed by atoms with Gasteiger partial charge in [0.15, 0.2) is 11.5 Å². The maximum absolute atomic E-state index is 13.6. The van der Waals surface area contributed by atoms with Crippen molar-refractivity contribution in [2.24, 2.45) is 0 Å². The number of halogens is 2. The van der Waals surface area contributed by atoms with Crippen molar-refractivity contribution in [1.29, 1.82) is 0 Å². The first-order valence-electron chi connectivity index (χ1n) is 6.20. The summed E-state index contributed by atoms with van der Waals surface area (Å²) < 4.78 is 37.0. The highest BCUT2D eigenvalue weighted by Gasteiger charge is 2.16. The molecule has 0 atom stereocenters. The molecule has 2 N–H and O–H groups in total. The molecule has 2 heterocycles. The third kappa shape index (κ3) is 2.03. The average molecular weight is 289 g/mol. The molecule has 1 aliphatic heterocycles. The Bertz CT molecular complexity index is 807. The van der Waals surface area contributed by atoms with E-state index < -0.39 is 11.6 Å². The molecule has 0 saturated carbocycles. The Balaban J connectivity index is 1.71. The van der Waals surface area contributed by atoms with E-state index in [1.54, 1.807) is 12.1 Å². The average Bonchev–Trinajstić information content (AvgIpc) is 3.04. The Morgan fingerprint density at radius 1 is 1.10 bits per heavy atom. The van der Waals surface area contributed by atoms with E-state index in [1.807, 2.05) is 0 Å². The summed E-state index contributed by atoms with van der Waals surface area (Å²) in [5.41, 5.74) is 1.52. The van der Waals surface area contributed by atoms with Gasteiger partial charge >= 0.3 is 0 Å². The second-order valence-electron chi connectivity index (χ2n) is 4.56. The number of aromatic nitrogens is 2. The Morgan fingerprint density at radius 2 is 1.90 bits per heavy atom. The van der Waals surface area contributed by atoms with Crippen LogP contribution >= 0.6 is 0 Å². The minimum Gasteiger partial charge on any atom is -0.454 e. The number of hydrogen-bond donors (Lipinski definition) is 2. The van der Waals surface area contributed by atoms with Gasteiger partial charge < -0.3 is 19.8 Å². The van der Waals surface area contributed by atoms with Gasteiger partial charge in [-0.25, -0.2) is 13.8 Å². The number of aromatic amines is 1. The quantitative estimate of drug-likeness (QED) is 0.760. The first-order valence-corrected chi connectivity index (χ1v) is 6.20. The maximum atomic E-state index is 13.6. The van der Waals surface area contributed by atoms with Crippen LogP contribution in [0.3, 0.4) is 0 Å². The topological polar surface area (TPSA) is 59.2 Å². The second kappa shape index (κ2) is 4.34. The van der Waals surface area contributed by atoms with Gasteiger partial charge in [-0.2, -0.15) is 0 Å². The molecular weight excluding hydrogens is 280 g/mol. The highest BCUT2D eigenvalue weighted by atomic mass is 19.1. The number of nitrogens with one attached hydrogen (secondary N) is 2. The number of imidazole rings is 1. The van der Waals surface area contributed by atoms with Crippen LogP contribution in [0.1, 0.15) is 0 Å². The molecule has 0 amide bonds. The van der Waals surface area contributed by atoms with Gasteiger partial charge in [0.25, 0.3) is 0 Å². The molecule has 0 unspecified atom stereocenters. The third-order valence-electron chi connectivity index (χ3n) is 3.16. The zero-order valence-corrected chi connectivity index (χ0v) is 10.6. The van der Waals surface area contributed by atoms with Gasteiger partial charge in [0.2, 0.25) is 12.7 Å². The van der Waals surface area contributed by atoms with Crippen LogP contribution in [-0.4, -0.2) is 16.8 Å². The number of H-pyrrole nitrogens is 1. The van der Waals surface area contributed by atoms with Crippen LogP contribution in [0.15, 0.2) is 30.3 Å². The van der Waals surface area contributed by atoms with Crippen molar-refractivity contribution in [2.75, 3.05) is 12.1 Å². The van der Waals surface area contributed by atoms with Crippen LogP contribution in [0, 0.1) is 11.6 Å². The lowest BCUT2D eigenvalue weighted by molar-refractivity contribution is 0.174. The van der Waals surface area contributed by atoms with Crippen molar-refractivity contribution in [1.82, 2.24) is 9.97 Å². The van der Waals surface area contributed by atoms with Crippen LogP contribution in [0.2, 0.25) is 0 Å². The molecule has 0 aliphatic carbocycles. The minimum absolute atomic E-state index is 0.135. The van der Waals surface area contributed by atoms with Gasteiger partial charge in [-0.1, -0.05) is 0 Å². The van der Waals surface area contributed by atoms with Crippen molar-refractivity contribution < 1.29 is 18.3 Å². The first kappa shape index (κ1) is 12.0. The van der Waals surface area contributed by atoms with Gasteiger partial charge in [-0.05, 0) is 12.1 Å². The molecule has 3 aromatic rings. The van der Waals surface area contributed by atoms with Gasteiger partial charge in [0.1, 0.15) is 11.6 Å². The SMILES string of the molecule is Fc1ccc(Nc2nc3cc4c(cc3[nH]2)OCO4)c(F)c1. The molecule has 1 aliphatic rings. The lowest BCUT2D eigenvalue weighted by Crippen LogP contribution is -1.96. The summed E-state index contributed by atoms with van der Waals surface area (Å²) in [6, 6.07) is 6.78. The third-order valence-corrected chi connectivity index (χ3v) is 3.16. The largest absolute Gasteiger partial charge is 0.454 e. The number of nitrogens with zero attached hydrogens (tertiary/aromatic N) is 1. The summed E-state index contributed by atoms with van der Waals surface area (Å²) in [4.78, 5) is 7.28. The number of ether oxygens (including phenoxy) is 2. The molecule has 4 rings (SSSR count). The molecule has 0 spiro atoms. The monoisotopic (exact) mass is 289 g/mol. The molecule has 2 aromatic carbocycles. The summed E-state index contributed by atoms with van der Waals surface area (Å²) >= 11 is 0. The summed E-state index contributed by atoms with van der Waals surface area (Å²) in [5.74, 6) is 0.274. The van der Waals surface area contributed by atoms with Crippen LogP contribution in [0.25, 0.3) is 11.0 Å². The van der Waals surface area contributed by atoms with E-state index in [9.17, 15) is 8.78 Å². The number of benzene rings is 2. The summed E-state index contributed by atoms with van der Waals surface area (Å²) in [6.07, 6.45) is 0. The number of anilines is 2. The second-order valence-corrected chi connectivity index (χ2v) is 4.56. The zero-order chi connectivity index (χ0) is 14.4. The Kier molecular flexibility index (Phi) is 2.47. The molecule has 7 heteroatoms. The molecule has 0 radical (unpaired) electrons. The van der Waals surface area contributed by atoms with Crippen LogP contribution in [-0.2, 0) is 0 Å². The van der Waals surface area contributed by atoms with E-state index in [4.69, 9.17) is 9.47 Å². The van der Waals surface area contributed by atoms with E-state index in [0.29, 0.717) is 23.0 Å². The first-order chi connectivity index (χ1) is 10.2. The van der Waals surface area contributed by atoms with Crippen molar-refractivity contribution in [3.63, 3.8) is 0 Å². The molecule has 106 valence electrons. The van der Waals surface area contributed by atoms with Crippen molar-refractivity contribution >= 4 is 22.7 Å². The van der Waals surface area contributed by atoms with Crippen molar-refractivity contribution in [3.05, 3.63) is 42.0 Å². The molecule has 1 aromatic heterocycles. The van der Waals surface area contributed by atoms with E-state index in [0.717, 1.165) is 11.6 Å². The lowest BCUT2D eigenvalue weighted by Gasteiger charge is -2.03. The predicted octanol–water partition coefficient (Wildman–Crippen LogP) is 3.31. The van der Waals surface area contributed by atoms with E-state index in [1.165, 1.54) is 12.1 Å². The number of fused-ring (bicyclic) bond motifs is 2. The van der Waals surface area contributed by atoms with Crippen LogP contribution in [0.5, 0.6) is 11.5 Å². The molecule has 0 fully saturated rings. The molecule has 0 saturated heterocycles. The Hall–Kier alpha value is -2.83. The number of hydrogen-bond acceptors (Lipinski definition) is 4. The summed E-state index contributed by atoms with van der Waals surface area (Å²) in [6.45, 7) is 0.188. The fourth-order valence-corrected chi connectivity index (χ4v) is 2.18.